The van der Waals surface area contributed by atoms with Crippen LogP contribution in [0.1, 0.15) is 39.4 Å². The highest BCUT2D eigenvalue weighted by atomic mass is 127. The number of benzene rings is 1. The second kappa shape index (κ2) is 11.4. The van der Waals surface area contributed by atoms with E-state index >= 15 is 0 Å². The average Bonchev–Trinajstić information content (AvgIpc) is 3.07. The number of guanidine groups is 1. The third kappa shape index (κ3) is 7.94. The molecule has 144 valence electrons. The minimum atomic E-state index is -0.146. The van der Waals surface area contributed by atoms with E-state index in [1.54, 1.807) is 0 Å². The summed E-state index contributed by atoms with van der Waals surface area (Å²) in [5, 5.41) is 10.6. The first kappa shape index (κ1) is 22.8. The number of thioether (sulfide) groups is 1. The molecule has 0 fully saturated rings. The number of aromatic nitrogens is 2. The topological polar surface area (TPSA) is 75.3 Å². The molecular weight excluding hydrogens is 461 g/mol. The van der Waals surface area contributed by atoms with E-state index in [4.69, 9.17) is 4.52 Å². The highest BCUT2D eigenvalue weighted by Gasteiger charge is 2.21. The number of nitrogens with one attached hydrogen (secondary N) is 2. The molecule has 1 aromatic carbocycles. The van der Waals surface area contributed by atoms with Crippen LogP contribution in [0, 0.1) is 0 Å². The molecule has 8 heteroatoms. The Balaban J connectivity index is 0.00000338. The van der Waals surface area contributed by atoms with Gasteiger partial charge in [-0.2, -0.15) is 4.98 Å². The Labute approximate surface area is 177 Å². The van der Waals surface area contributed by atoms with Crippen LogP contribution in [0.4, 0.5) is 0 Å². The Morgan fingerprint density at radius 2 is 1.92 bits per heavy atom. The fourth-order valence-electron chi connectivity index (χ4n) is 1.97. The normalized spacial score (nSPS) is 11.8. The first-order valence-corrected chi connectivity index (χ1v) is 9.50. The monoisotopic (exact) mass is 489 g/mol. The predicted octanol–water partition coefficient (Wildman–Crippen LogP) is 3.83. The quantitative estimate of drug-likeness (QED) is 0.203. The lowest BCUT2D eigenvalue weighted by Gasteiger charge is -2.11. The first-order chi connectivity index (χ1) is 12.0. The zero-order valence-electron chi connectivity index (χ0n) is 15.8. The molecule has 0 unspecified atom stereocenters. The van der Waals surface area contributed by atoms with Gasteiger partial charge in [0.15, 0.2) is 11.8 Å². The highest BCUT2D eigenvalue weighted by molar-refractivity contribution is 14.0. The van der Waals surface area contributed by atoms with Crippen molar-refractivity contribution in [2.45, 2.75) is 44.6 Å². The Kier molecular flexibility index (Phi) is 10.0. The van der Waals surface area contributed by atoms with Gasteiger partial charge in [-0.05, 0) is 19.1 Å². The summed E-state index contributed by atoms with van der Waals surface area (Å²) < 4.78 is 5.29. The Morgan fingerprint density at radius 1 is 1.19 bits per heavy atom. The van der Waals surface area contributed by atoms with Crippen molar-refractivity contribution in [3.8, 4) is 0 Å². The maximum absolute atomic E-state index is 5.29. The van der Waals surface area contributed by atoms with Gasteiger partial charge in [0.1, 0.15) is 6.54 Å². The van der Waals surface area contributed by atoms with Gasteiger partial charge in [0, 0.05) is 29.2 Å². The standard InChI is InChI=1S/C18H27N5OS.HI/c1-5-19-17(20-11-12-25-14-9-7-6-8-10-14)21-13-15-22-16(24-23-15)18(2,3)4;/h6-10H,5,11-13H2,1-4H3,(H2,19,20,21);1H. The summed E-state index contributed by atoms with van der Waals surface area (Å²) in [6.45, 7) is 10.2. The number of rotatable bonds is 7. The van der Waals surface area contributed by atoms with E-state index in [-0.39, 0.29) is 29.4 Å². The molecule has 0 aliphatic heterocycles. The van der Waals surface area contributed by atoms with Gasteiger partial charge in [-0.1, -0.05) is 44.1 Å². The van der Waals surface area contributed by atoms with E-state index in [1.165, 1.54) is 4.90 Å². The fraction of sp³-hybridized carbons (Fsp3) is 0.500. The van der Waals surface area contributed by atoms with Gasteiger partial charge < -0.3 is 15.2 Å². The summed E-state index contributed by atoms with van der Waals surface area (Å²) in [5.74, 6) is 2.96. The number of hydrogen-bond acceptors (Lipinski definition) is 5. The maximum atomic E-state index is 5.29. The van der Waals surface area contributed by atoms with Gasteiger partial charge >= 0.3 is 0 Å². The lowest BCUT2D eigenvalue weighted by Crippen LogP contribution is -2.38. The number of halogens is 1. The molecule has 0 atom stereocenters. The lowest BCUT2D eigenvalue weighted by molar-refractivity contribution is 0.318. The minimum Gasteiger partial charge on any atom is -0.357 e. The van der Waals surface area contributed by atoms with Crippen LogP contribution in [0.5, 0.6) is 0 Å². The number of hydrogen-bond donors (Lipinski definition) is 2. The van der Waals surface area contributed by atoms with E-state index in [0.29, 0.717) is 18.3 Å². The molecule has 2 aromatic rings. The second-order valence-electron chi connectivity index (χ2n) is 6.55. The average molecular weight is 489 g/mol. The molecule has 1 aromatic heterocycles. The summed E-state index contributed by atoms with van der Waals surface area (Å²) >= 11 is 1.82. The third-order valence-electron chi connectivity index (χ3n) is 3.24. The smallest absolute Gasteiger partial charge is 0.232 e. The van der Waals surface area contributed by atoms with Gasteiger partial charge in [-0.15, -0.1) is 35.7 Å². The van der Waals surface area contributed by atoms with Crippen molar-refractivity contribution in [3.05, 3.63) is 42.0 Å². The molecule has 0 spiro atoms. The minimum absolute atomic E-state index is 0. The summed E-state index contributed by atoms with van der Waals surface area (Å²) in [4.78, 5) is 10.2. The van der Waals surface area contributed by atoms with Crippen molar-refractivity contribution in [2.75, 3.05) is 18.8 Å². The van der Waals surface area contributed by atoms with E-state index in [0.717, 1.165) is 24.8 Å². The summed E-state index contributed by atoms with van der Waals surface area (Å²) in [5.41, 5.74) is -0.146. The van der Waals surface area contributed by atoms with Crippen LogP contribution in [0.2, 0.25) is 0 Å². The molecule has 6 nitrogen and oxygen atoms in total. The summed E-state index contributed by atoms with van der Waals surface area (Å²) in [6.07, 6.45) is 0. The van der Waals surface area contributed by atoms with E-state index < -0.39 is 0 Å². The number of nitrogens with zero attached hydrogens (tertiary/aromatic N) is 3. The number of aliphatic imine (C=N–C) groups is 1. The molecule has 0 bridgehead atoms. The van der Waals surface area contributed by atoms with Crippen LogP contribution in [0.15, 0.2) is 44.7 Å². The highest BCUT2D eigenvalue weighted by Crippen LogP contribution is 2.19. The molecular formula is C18H28IN5OS. The van der Waals surface area contributed by atoms with Crippen LogP contribution in [-0.2, 0) is 12.0 Å². The molecule has 2 rings (SSSR count). The van der Waals surface area contributed by atoms with Crippen molar-refractivity contribution in [1.29, 1.82) is 0 Å². The first-order valence-electron chi connectivity index (χ1n) is 8.52. The molecule has 1 heterocycles. The van der Waals surface area contributed by atoms with Crippen molar-refractivity contribution in [2.24, 2.45) is 4.99 Å². The van der Waals surface area contributed by atoms with Gasteiger partial charge in [0.2, 0.25) is 5.89 Å². The molecule has 0 aliphatic carbocycles. The van der Waals surface area contributed by atoms with Crippen LogP contribution < -0.4 is 10.6 Å². The van der Waals surface area contributed by atoms with Crippen LogP contribution in [-0.4, -0.2) is 34.9 Å². The molecule has 2 N–H and O–H groups in total. The maximum Gasteiger partial charge on any atom is 0.232 e. The van der Waals surface area contributed by atoms with E-state index in [9.17, 15) is 0 Å². The lowest BCUT2D eigenvalue weighted by atomic mass is 9.97. The Bertz CT molecular complexity index is 670. The molecule has 26 heavy (non-hydrogen) atoms. The fourth-order valence-corrected chi connectivity index (χ4v) is 2.76. The largest absolute Gasteiger partial charge is 0.357 e. The second-order valence-corrected chi connectivity index (χ2v) is 7.72. The SMILES string of the molecule is CCNC(=NCc1noc(C(C)(C)C)n1)NCCSc1ccccc1.I. The Hall–Kier alpha value is -1.29. The van der Waals surface area contributed by atoms with Gasteiger partial charge in [0.05, 0.1) is 0 Å². The van der Waals surface area contributed by atoms with E-state index in [2.05, 4.69) is 50.0 Å². The van der Waals surface area contributed by atoms with Crippen molar-refractivity contribution < 1.29 is 4.52 Å². The molecule has 0 amide bonds. The van der Waals surface area contributed by atoms with Crippen molar-refractivity contribution in [1.82, 2.24) is 20.8 Å². The van der Waals surface area contributed by atoms with E-state index in [1.807, 2.05) is 45.5 Å². The summed E-state index contributed by atoms with van der Waals surface area (Å²) in [7, 11) is 0. The molecule has 0 saturated carbocycles. The third-order valence-corrected chi connectivity index (χ3v) is 4.25. The van der Waals surface area contributed by atoms with Gasteiger partial charge in [-0.25, -0.2) is 4.99 Å². The van der Waals surface area contributed by atoms with Crippen LogP contribution in [0.3, 0.4) is 0 Å². The zero-order chi connectivity index (χ0) is 18.1. The van der Waals surface area contributed by atoms with Crippen molar-refractivity contribution >= 4 is 41.7 Å². The Morgan fingerprint density at radius 3 is 2.54 bits per heavy atom. The zero-order valence-corrected chi connectivity index (χ0v) is 18.9. The van der Waals surface area contributed by atoms with Gasteiger partial charge in [0.25, 0.3) is 0 Å². The van der Waals surface area contributed by atoms with Crippen LogP contribution >= 0.6 is 35.7 Å². The molecule has 0 radical (unpaired) electrons. The van der Waals surface area contributed by atoms with Gasteiger partial charge in [-0.3, -0.25) is 0 Å². The molecule has 0 saturated heterocycles. The molecule has 0 aliphatic rings. The van der Waals surface area contributed by atoms with Crippen molar-refractivity contribution in [3.63, 3.8) is 0 Å². The summed E-state index contributed by atoms with van der Waals surface area (Å²) in [6, 6.07) is 10.4. The van der Waals surface area contributed by atoms with Crippen LogP contribution in [0.25, 0.3) is 0 Å². The predicted molar refractivity (Wildman–Crippen MR) is 118 cm³/mol.